The number of nitrogens with one attached hydrogen (secondary N) is 3. The Morgan fingerprint density at radius 3 is 2.52 bits per heavy atom. The van der Waals surface area contributed by atoms with E-state index in [9.17, 15) is 9.59 Å². The molecule has 1 saturated carbocycles. The summed E-state index contributed by atoms with van der Waals surface area (Å²) in [5.41, 5.74) is 1.20. The van der Waals surface area contributed by atoms with E-state index >= 15 is 0 Å². The van der Waals surface area contributed by atoms with Gasteiger partial charge in [-0.25, -0.2) is 4.79 Å². The summed E-state index contributed by atoms with van der Waals surface area (Å²) in [6, 6.07) is 5.16. The van der Waals surface area contributed by atoms with Crippen molar-refractivity contribution in [3.05, 3.63) is 18.2 Å². The number of carbonyl (C=O) groups excluding carboxylic acids is 2. The van der Waals surface area contributed by atoms with Gasteiger partial charge >= 0.3 is 6.03 Å². The van der Waals surface area contributed by atoms with Crippen LogP contribution in [0.15, 0.2) is 18.2 Å². The Balaban J connectivity index is 1.99. The van der Waals surface area contributed by atoms with Crippen LogP contribution in [-0.4, -0.2) is 25.1 Å². The Kier molecular flexibility index (Phi) is 5.03. The molecule has 0 aromatic heterocycles. The summed E-state index contributed by atoms with van der Waals surface area (Å²) < 4.78 is 5.22. The molecule has 0 saturated heterocycles. The molecule has 1 aromatic rings. The zero-order chi connectivity index (χ0) is 15.2. The van der Waals surface area contributed by atoms with Crippen LogP contribution in [0.25, 0.3) is 0 Å². The average molecular weight is 291 g/mol. The second-order valence-electron chi connectivity index (χ2n) is 5.18. The minimum atomic E-state index is -0.212. The van der Waals surface area contributed by atoms with E-state index in [1.54, 1.807) is 18.2 Å². The van der Waals surface area contributed by atoms with Gasteiger partial charge in [0, 0.05) is 24.7 Å². The van der Waals surface area contributed by atoms with E-state index in [4.69, 9.17) is 4.74 Å². The largest absolute Gasteiger partial charge is 0.494 e. The molecule has 0 heterocycles. The lowest BCUT2D eigenvalue weighted by molar-refractivity contribution is -0.114. The molecule has 21 heavy (non-hydrogen) atoms. The van der Waals surface area contributed by atoms with Crippen molar-refractivity contribution in [3.63, 3.8) is 0 Å². The number of anilines is 2. The number of methoxy groups -OCH3 is 1. The lowest BCUT2D eigenvalue weighted by Gasteiger charge is -2.14. The predicted octanol–water partition coefficient (Wildman–Crippen LogP) is 2.72. The number of amides is 3. The number of carbonyl (C=O) groups is 2. The molecule has 6 nitrogen and oxygen atoms in total. The van der Waals surface area contributed by atoms with Crippen LogP contribution in [-0.2, 0) is 4.79 Å². The molecule has 1 fully saturated rings. The fourth-order valence-electron chi connectivity index (χ4n) is 2.48. The summed E-state index contributed by atoms with van der Waals surface area (Å²) in [6.45, 7) is 1.43. The first-order valence-corrected chi connectivity index (χ1v) is 7.11. The molecular weight excluding hydrogens is 270 g/mol. The van der Waals surface area contributed by atoms with Crippen LogP contribution < -0.4 is 20.7 Å². The fraction of sp³-hybridized carbons (Fsp3) is 0.467. The molecule has 0 spiro atoms. The van der Waals surface area contributed by atoms with Gasteiger partial charge in [0.05, 0.1) is 12.8 Å². The average Bonchev–Trinajstić information content (AvgIpc) is 2.92. The first kappa shape index (κ1) is 15.2. The van der Waals surface area contributed by atoms with E-state index in [0.717, 1.165) is 12.8 Å². The van der Waals surface area contributed by atoms with E-state index in [0.29, 0.717) is 17.1 Å². The molecule has 1 aliphatic rings. The van der Waals surface area contributed by atoms with Crippen LogP contribution in [0, 0.1) is 0 Å². The Hall–Kier alpha value is -2.24. The molecule has 1 aromatic carbocycles. The molecule has 0 unspecified atom stereocenters. The van der Waals surface area contributed by atoms with Crippen LogP contribution in [0.3, 0.4) is 0 Å². The SMILES string of the molecule is COc1cc(NC(=O)NC2CCCC2)ccc1NC(C)=O. The van der Waals surface area contributed by atoms with Gasteiger partial charge in [0.15, 0.2) is 0 Å². The molecule has 0 atom stereocenters. The quantitative estimate of drug-likeness (QED) is 0.798. The van der Waals surface area contributed by atoms with Gasteiger partial charge in [-0.15, -0.1) is 0 Å². The highest BCUT2D eigenvalue weighted by molar-refractivity contribution is 5.93. The van der Waals surface area contributed by atoms with Crippen LogP contribution in [0.5, 0.6) is 5.75 Å². The first-order chi connectivity index (χ1) is 10.1. The van der Waals surface area contributed by atoms with Crippen molar-refractivity contribution < 1.29 is 14.3 Å². The van der Waals surface area contributed by atoms with Crippen LogP contribution >= 0.6 is 0 Å². The molecule has 3 N–H and O–H groups in total. The number of hydrogen-bond donors (Lipinski definition) is 3. The normalized spacial score (nSPS) is 14.6. The first-order valence-electron chi connectivity index (χ1n) is 7.11. The van der Waals surface area contributed by atoms with Crippen molar-refractivity contribution >= 4 is 23.3 Å². The Labute approximate surface area is 124 Å². The number of benzene rings is 1. The summed E-state index contributed by atoms with van der Waals surface area (Å²) in [4.78, 5) is 23.0. The Morgan fingerprint density at radius 2 is 1.90 bits per heavy atom. The van der Waals surface area contributed by atoms with Crippen LogP contribution in [0.1, 0.15) is 32.6 Å². The van der Waals surface area contributed by atoms with Crippen molar-refractivity contribution in [1.82, 2.24) is 5.32 Å². The van der Waals surface area contributed by atoms with E-state index in [1.807, 2.05) is 0 Å². The second-order valence-corrected chi connectivity index (χ2v) is 5.18. The highest BCUT2D eigenvalue weighted by Crippen LogP contribution is 2.28. The van der Waals surface area contributed by atoms with E-state index in [2.05, 4.69) is 16.0 Å². The summed E-state index contributed by atoms with van der Waals surface area (Å²) in [6.07, 6.45) is 4.42. The van der Waals surface area contributed by atoms with Gasteiger partial charge in [-0.05, 0) is 25.0 Å². The fourth-order valence-corrected chi connectivity index (χ4v) is 2.48. The summed E-state index contributed by atoms with van der Waals surface area (Å²) >= 11 is 0. The third-order valence-corrected chi connectivity index (χ3v) is 3.46. The monoisotopic (exact) mass is 291 g/mol. The standard InChI is InChI=1S/C15H21N3O3/c1-10(19)16-13-8-7-12(9-14(13)21-2)18-15(20)17-11-5-3-4-6-11/h7-9,11H,3-6H2,1-2H3,(H,16,19)(H2,17,18,20). The molecule has 3 amide bonds. The Morgan fingerprint density at radius 1 is 1.19 bits per heavy atom. The maximum Gasteiger partial charge on any atom is 0.319 e. The van der Waals surface area contributed by atoms with Crippen molar-refractivity contribution in [2.45, 2.75) is 38.6 Å². The second kappa shape index (κ2) is 6.97. The van der Waals surface area contributed by atoms with Gasteiger partial charge in [-0.1, -0.05) is 12.8 Å². The number of urea groups is 1. The smallest absolute Gasteiger partial charge is 0.319 e. The highest BCUT2D eigenvalue weighted by atomic mass is 16.5. The van der Waals surface area contributed by atoms with Crippen molar-refractivity contribution in [3.8, 4) is 5.75 Å². The lowest BCUT2D eigenvalue weighted by atomic mass is 10.2. The van der Waals surface area contributed by atoms with Crippen molar-refractivity contribution in [1.29, 1.82) is 0 Å². The lowest BCUT2D eigenvalue weighted by Crippen LogP contribution is -2.36. The van der Waals surface area contributed by atoms with Gasteiger partial charge in [-0.2, -0.15) is 0 Å². The minimum Gasteiger partial charge on any atom is -0.494 e. The minimum absolute atomic E-state index is 0.173. The van der Waals surface area contributed by atoms with Gasteiger partial charge < -0.3 is 20.7 Å². The molecule has 0 radical (unpaired) electrons. The molecule has 0 aliphatic heterocycles. The molecule has 6 heteroatoms. The van der Waals surface area contributed by atoms with Crippen LogP contribution in [0.2, 0.25) is 0 Å². The summed E-state index contributed by atoms with van der Waals surface area (Å²) in [7, 11) is 1.52. The van der Waals surface area contributed by atoms with Gasteiger partial charge in [-0.3, -0.25) is 4.79 Å². The summed E-state index contributed by atoms with van der Waals surface area (Å²) in [5.74, 6) is 0.330. The van der Waals surface area contributed by atoms with E-state index in [-0.39, 0.29) is 18.0 Å². The maximum absolute atomic E-state index is 11.9. The predicted molar refractivity (Wildman–Crippen MR) is 81.7 cm³/mol. The molecule has 114 valence electrons. The molecule has 2 rings (SSSR count). The van der Waals surface area contributed by atoms with Gasteiger partial charge in [0.25, 0.3) is 0 Å². The number of hydrogen-bond acceptors (Lipinski definition) is 3. The van der Waals surface area contributed by atoms with Crippen molar-refractivity contribution in [2.24, 2.45) is 0 Å². The van der Waals surface area contributed by atoms with E-state index < -0.39 is 0 Å². The third-order valence-electron chi connectivity index (χ3n) is 3.46. The molecule has 1 aliphatic carbocycles. The highest BCUT2D eigenvalue weighted by Gasteiger charge is 2.17. The molecule has 0 bridgehead atoms. The van der Waals surface area contributed by atoms with E-state index in [1.165, 1.54) is 26.9 Å². The summed E-state index contributed by atoms with van der Waals surface area (Å²) in [5, 5.41) is 8.40. The van der Waals surface area contributed by atoms with Gasteiger partial charge in [0.1, 0.15) is 5.75 Å². The number of ether oxygens (including phenoxy) is 1. The van der Waals surface area contributed by atoms with Crippen LogP contribution in [0.4, 0.5) is 16.2 Å². The topological polar surface area (TPSA) is 79.5 Å². The Bertz CT molecular complexity index is 525. The number of rotatable bonds is 4. The third kappa shape index (κ3) is 4.37. The maximum atomic E-state index is 11.9. The van der Waals surface area contributed by atoms with Crippen molar-refractivity contribution in [2.75, 3.05) is 17.7 Å². The van der Waals surface area contributed by atoms with Gasteiger partial charge in [0.2, 0.25) is 5.91 Å². The zero-order valence-corrected chi connectivity index (χ0v) is 12.4. The zero-order valence-electron chi connectivity index (χ0n) is 12.4. The molecular formula is C15H21N3O3.